The maximum atomic E-state index is 4.39. The van der Waals surface area contributed by atoms with Crippen LogP contribution in [0.4, 0.5) is 0 Å². The highest BCUT2D eigenvalue weighted by Crippen LogP contribution is 2.33. The molecule has 0 amide bonds. The molecule has 30 heavy (non-hydrogen) atoms. The number of nitrogens with zero attached hydrogens (tertiary/aromatic N) is 1. The summed E-state index contributed by atoms with van der Waals surface area (Å²) in [6.07, 6.45) is 20.3. The minimum Gasteiger partial charge on any atom is -0.380 e. The van der Waals surface area contributed by atoms with Crippen LogP contribution in [0.3, 0.4) is 0 Å². The molecule has 0 spiro atoms. The summed E-state index contributed by atoms with van der Waals surface area (Å²) in [6.45, 7) is 21.2. The first-order chi connectivity index (χ1) is 14.3. The van der Waals surface area contributed by atoms with Gasteiger partial charge < -0.3 is 5.32 Å². The minimum atomic E-state index is 0.0830. The summed E-state index contributed by atoms with van der Waals surface area (Å²) in [5.41, 5.74) is 6.97. The molecule has 1 aliphatic carbocycles. The highest BCUT2D eigenvalue weighted by Gasteiger charge is 2.31. The summed E-state index contributed by atoms with van der Waals surface area (Å²) in [5.74, 6) is 0. The first-order valence-corrected chi connectivity index (χ1v) is 11.2. The van der Waals surface area contributed by atoms with Crippen molar-refractivity contribution in [3.8, 4) is 0 Å². The van der Waals surface area contributed by atoms with Gasteiger partial charge in [0.2, 0.25) is 0 Å². The number of aliphatic imine (C=N–C) groups is 1. The third kappa shape index (κ3) is 7.82. The van der Waals surface area contributed by atoms with Gasteiger partial charge in [-0.15, -0.1) is 6.58 Å². The van der Waals surface area contributed by atoms with E-state index in [4.69, 9.17) is 0 Å². The average molecular weight is 407 g/mol. The lowest BCUT2D eigenvalue weighted by Crippen LogP contribution is -2.45. The number of hydrogen-bond acceptors (Lipinski definition) is 2. The standard InChI is InChI=1S/C28H42N2/c1-9-11-13-16-26(24(6)27(21-29-8)22(3)4)20-23(5)25(7)30-28(17-10-2)18-14-12-15-19-28/h9-11,13,16,21,30H,2,5,7,12,14-15,17-20H2,1,3-4,6,8H3/b11-9-,16-13-,26-24+,29-21?. The number of rotatable bonds is 11. The molecule has 0 radical (unpaired) electrons. The fraction of sp³-hybridized carbons (Fsp3) is 0.464. The normalized spacial score (nSPS) is 17.2. The van der Waals surface area contributed by atoms with E-state index in [1.807, 2.05) is 32.3 Å². The lowest BCUT2D eigenvalue weighted by atomic mass is 9.78. The number of nitrogens with one attached hydrogen (secondary N) is 1. The molecule has 2 heteroatoms. The molecule has 1 fully saturated rings. The van der Waals surface area contributed by atoms with Crippen molar-refractivity contribution >= 4 is 6.21 Å². The van der Waals surface area contributed by atoms with Gasteiger partial charge in [-0.25, -0.2) is 0 Å². The Kier molecular flexibility index (Phi) is 11.2. The maximum Gasteiger partial charge on any atom is 0.0407 e. The van der Waals surface area contributed by atoms with Crippen LogP contribution in [0.1, 0.15) is 72.6 Å². The summed E-state index contributed by atoms with van der Waals surface area (Å²) in [4.78, 5) is 4.26. The molecule has 0 saturated heterocycles. The SMILES string of the molecule is C=CCC1(NC(=C)C(=C)CC(/C=C\C=C/C)=C(\C)C(C=NC)=C(C)C)CCCCC1. The van der Waals surface area contributed by atoms with Crippen molar-refractivity contribution in [2.45, 2.75) is 78.2 Å². The zero-order valence-electron chi connectivity index (χ0n) is 20.0. The summed E-state index contributed by atoms with van der Waals surface area (Å²) < 4.78 is 0. The second-order valence-corrected chi connectivity index (χ2v) is 8.55. The van der Waals surface area contributed by atoms with Crippen LogP contribution < -0.4 is 5.32 Å². The quantitative estimate of drug-likeness (QED) is 0.211. The zero-order chi connectivity index (χ0) is 22.6. The molecule has 0 bridgehead atoms. The van der Waals surface area contributed by atoms with E-state index < -0.39 is 0 Å². The third-order valence-electron chi connectivity index (χ3n) is 5.88. The highest BCUT2D eigenvalue weighted by atomic mass is 15.0. The Labute approximate surface area is 185 Å². The van der Waals surface area contributed by atoms with Crippen LogP contribution in [0.2, 0.25) is 0 Å². The van der Waals surface area contributed by atoms with Gasteiger partial charge in [0.25, 0.3) is 0 Å². The van der Waals surface area contributed by atoms with Gasteiger partial charge in [0.05, 0.1) is 0 Å². The van der Waals surface area contributed by atoms with Gasteiger partial charge in [-0.2, -0.15) is 0 Å². The Morgan fingerprint density at radius 2 is 1.73 bits per heavy atom. The largest absolute Gasteiger partial charge is 0.380 e. The second-order valence-electron chi connectivity index (χ2n) is 8.55. The zero-order valence-corrected chi connectivity index (χ0v) is 20.0. The van der Waals surface area contributed by atoms with Crippen LogP contribution in [0.25, 0.3) is 0 Å². The predicted octanol–water partition coefficient (Wildman–Crippen LogP) is 7.80. The van der Waals surface area contributed by atoms with E-state index in [-0.39, 0.29) is 5.54 Å². The van der Waals surface area contributed by atoms with Crippen LogP contribution in [-0.4, -0.2) is 18.8 Å². The minimum absolute atomic E-state index is 0.0830. The molecule has 2 nitrogen and oxygen atoms in total. The van der Waals surface area contributed by atoms with Crippen molar-refractivity contribution in [2.24, 2.45) is 4.99 Å². The molecule has 1 N–H and O–H groups in total. The molecule has 0 unspecified atom stereocenters. The smallest absolute Gasteiger partial charge is 0.0407 e. The van der Waals surface area contributed by atoms with Gasteiger partial charge in [0.1, 0.15) is 0 Å². The van der Waals surface area contributed by atoms with Gasteiger partial charge in [-0.05, 0) is 75.7 Å². The summed E-state index contributed by atoms with van der Waals surface area (Å²) in [6, 6.07) is 0. The molecular weight excluding hydrogens is 364 g/mol. The van der Waals surface area contributed by atoms with Crippen molar-refractivity contribution in [2.75, 3.05) is 7.05 Å². The van der Waals surface area contributed by atoms with E-state index in [2.05, 4.69) is 69.0 Å². The molecule has 1 aliphatic rings. The molecular formula is C28H42N2. The van der Waals surface area contributed by atoms with Gasteiger partial charge in [-0.1, -0.05) is 68.4 Å². The average Bonchev–Trinajstić information content (AvgIpc) is 2.71. The Balaban J connectivity index is 3.14. The van der Waals surface area contributed by atoms with Crippen LogP contribution in [-0.2, 0) is 0 Å². The van der Waals surface area contributed by atoms with Crippen LogP contribution >= 0.6 is 0 Å². The summed E-state index contributed by atoms with van der Waals surface area (Å²) in [5, 5.41) is 3.76. The highest BCUT2D eigenvalue weighted by molar-refractivity contribution is 5.86. The van der Waals surface area contributed by atoms with Gasteiger partial charge in [0, 0.05) is 24.5 Å². The topological polar surface area (TPSA) is 24.4 Å². The Morgan fingerprint density at radius 3 is 2.27 bits per heavy atom. The van der Waals surface area contributed by atoms with Crippen molar-refractivity contribution in [1.29, 1.82) is 0 Å². The van der Waals surface area contributed by atoms with Gasteiger partial charge >= 0.3 is 0 Å². The first kappa shape index (κ1) is 25.7. The lowest BCUT2D eigenvalue weighted by molar-refractivity contribution is 0.253. The van der Waals surface area contributed by atoms with E-state index in [1.54, 1.807) is 0 Å². The molecule has 0 aromatic carbocycles. The molecule has 1 saturated carbocycles. The Morgan fingerprint density at radius 1 is 1.07 bits per heavy atom. The van der Waals surface area contributed by atoms with Gasteiger partial charge in [0.15, 0.2) is 0 Å². The fourth-order valence-electron chi connectivity index (χ4n) is 4.13. The summed E-state index contributed by atoms with van der Waals surface area (Å²) in [7, 11) is 1.82. The number of allylic oxidation sites excluding steroid dienone is 9. The molecule has 0 aliphatic heterocycles. The Bertz CT molecular complexity index is 758. The number of hydrogen-bond donors (Lipinski definition) is 1. The summed E-state index contributed by atoms with van der Waals surface area (Å²) >= 11 is 0. The molecule has 164 valence electrons. The Hall–Kier alpha value is -2.35. The van der Waals surface area contributed by atoms with E-state index in [9.17, 15) is 0 Å². The molecule has 0 aromatic rings. The monoisotopic (exact) mass is 406 g/mol. The van der Waals surface area contributed by atoms with Crippen molar-refractivity contribution in [3.63, 3.8) is 0 Å². The van der Waals surface area contributed by atoms with E-state index in [0.717, 1.165) is 24.1 Å². The fourth-order valence-corrected chi connectivity index (χ4v) is 4.13. The molecule has 0 atom stereocenters. The third-order valence-corrected chi connectivity index (χ3v) is 5.88. The maximum absolute atomic E-state index is 4.39. The van der Waals surface area contributed by atoms with Crippen molar-refractivity contribution in [3.05, 3.63) is 83.7 Å². The van der Waals surface area contributed by atoms with Crippen molar-refractivity contribution in [1.82, 2.24) is 5.32 Å². The molecule has 0 aromatic heterocycles. The molecule has 0 heterocycles. The van der Waals surface area contributed by atoms with Crippen molar-refractivity contribution < 1.29 is 0 Å². The predicted molar refractivity (Wildman–Crippen MR) is 136 cm³/mol. The van der Waals surface area contributed by atoms with E-state index >= 15 is 0 Å². The van der Waals surface area contributed by atoms with Crippen LogP contribution in [0.15, 0.2) is 88.7 Å². The molecule has 1 rings (SSSR count). The lowest BCUT2D eigenvalue weighted by Gasteiger charge is -2.39. The van der Waals surface area contributed by atoms with Crippen LogP contribution in [0, 0.1) is 0 Å². The second kappa shape index (κ2) is 13.1. The first-order valence-electron chi connectivity index (χ1n) is 11.2. The van der Waals surface area contributed by atoms with Crippen LogP contribution in [0.5, 0.6) is 0 Å². The van der Waals surface area contributed by atoms with E-state index in [0.29, 0.717) is 0 Å². The van der Waals surface area contributed by atoms with Gasteiger partial charge in [-0.3, -0.25) is 4.99 Å². The van der Waals surface area contributed by atoms with E-state index in [1.165, 1.54) is 54.4 Å².